The highest BCUT2D eigenvalue weighted by molar-refractivity contribution is 9.10. The van der Waals surface area contributed by atoms with Crippen LogP contribution in [0.4, 0.5) is 0 Å². The summed E-state index contributed by atoms with van der Waals surface area (Å²) in [6.45, 7) is 11.4. The minimum Gasteiger partial charge on any atom is -0.229 e. The van der Waals surface area contributed by atoms with E-state index in [0.717, 1.165) is 6.42 Å². The van der Waals surface area contributed by atoms with Gasteiger partial charge in [-0.05, 0) is 105 Å². The molecule has 0 heterocycles. The minimum absolute atomic E-state index is 0.511. The summed E-state index contributed by atoms with van der Waals surface area (Å²) in [6, 6.07) is 9.41. The molecule has 2 aliphatic rings. The van der Waals surface area contributed by atoms with Gasteiger partial charge in [-0.25, -0.2) is 10.0 Å². The fourth-order valence-electron chi connectivity index (χ4n) is 5.39. The highest BCUT2D eigenvalue weighted by atomic mass is 79.9. The lowest BCUT2D eigenvalue weighted by Gasteiger charge is -2.48. The van der Waals surface area contributed by atoms with Crippen molar-refractivity contribution >= 4 is 53.5 Å². The van der Waals surface area contributed by atoms with Crippen molar-refractivity contribution in [1.82, 2.24) is 0 Å². The molecule has 0 fully saturated rings. The average molecular weight is 534 g/mol. The van der Waals surface area contributed by atoms with Gasteiger partial charge in [0.2, 0.25) is 0 Å². The second kappa shape index (κ2) is 7.43. The predicted molar refractivity (Wildman–Crippen MR) is 139 cm³/mol. The van der Waals surface area contributed by atoms with Gasteiger partial charge in [-0.3, -0.25) is 0 Å². The molecule has 2 aromatic rings. The van der Waals surface area contributed by atoms with Crippen molar-refractivity contribution < 1.29 is 0 Å². The minimum atomic E-state index is -1.01. The van der Waals surface area contributed by atoms with Gasteiger partial charge >= 0.3 is 0 Å². The largest absolute Gasteiger partial charge is 0.229 e. The van der Waals surface area contributed by atoms with Crippen LogP contribution in [0.3, 0.4) is 0 Å². The fourth-order valence-corrected chi connectivity index (χ4v) is 10.8. The molecule has 0 amide bonds. The Morgan fingerprint density at radius 3 is 2.07 bits per heavy atom. The number of aryl methyl sites for hydroxylation is 2. The number of allylic oxidation sites excluding steroid dienone is 2. The van der Waals surface area contributed by atoms with Gasteiger partial charge in [0.15, 0.2) is 0 Å². The number of fused-ring (bicyclic) bond motifs is 2. The van der Waals surface area contributed by atoms with Crippen molar-refractivity contribution in [3.05, 3.63) is 77.7 Å². The molecule has 0 radical (unpaired) electrons. The monoisotopic (exact) mass is 532 g/mol. The Kier molecular flexibility index (Phi) is 5.50. The van der Waals surface area contributed by atoms with Gasteiger partial charge < -0.3 is 0 Å². The Balaban J connectivity index is 1.91. The summed E-state index contributed by atoms with van der Waals surface area (Å²) in [4.78, 5) is 0. The first-order valence-corrected chi connectivity index (χ1v) is 14.3. The molecular formula is C26H30Br2S. The third-order valence-electron chi connectivity index (χ3n) is 6.80. The standard InChI is InChI=1S/C26H30Br2S/c1-14-9-20-19(22(27)11-14)8-16(3)13-24(20)29(6,7)26-18(5)17(4)25-21(26)10-15(2)12-23(25)28/h8-12,24,26H,13H2,1-7H3. The van der Waals surface area contributed by atoms with Crippen molar-refractivity contribution in [2.75, 3.05) is 12.5 Å². The van der Waals surface area contributed by atoms with Gasteiger partial charge in [-0.2, -0.15) is 0 Å². The number of benzene rings is 2. The maximum atomic E-state index is 3.87. The Bertz CT molecular complexity index is 1090. The zero-order valence-corrected chi connectivity index (χ0v) is 22.4. The fraction of sp³-hybridized carbons (Fsp3) is 0.385. The lowest BCUT2D eigenvalue weighted by Crippen LogP contribution is -2.20. The van der Waals surface area contributed by atoms with E-state index in [0.29, 0.717) is 10.5 Å². The molecule has 2 atom stereocenters. The van der Waals surface area contributed by atoms with Crippen LogP contribution < -0.4 is 0 Å². The van der Waals surface area contributed by atoms with Crippen LogP contribution in [0.5, 0.6) is 0 Å². The van der Waals surface area contributed by atoms with E-state index in [2.05, 4.69) is 109 Å². The average Bonchev–Trinajstić information content (AvgIpc) is 2.86. The van der Waals surface area contributed by atoms with E-state index in [1.165, 1.54) is 53.5 Å². The number of hydrogen-bond donors (Lipinski definition) is 0. The van der Waals surface area contributed by atoms with Crippen molar-refractivity contribution in [2.24, 2.45) is 0 Å². The molecule has 0 saturated carbocycles. The van der Waals surface area contributed by atoms with Gasteiger partial charge in [-0.1, -0.05) is 61.2 Å². The maximum absolute atomic E-state index is 3.87. The van der Waals surface area contributed by atoms with Crippen LogP contribution in [0.25, 0.3) is 11.6 Å². The molecule has 0 nitrogen and oxygen atoms in total. The number of halogens is 2. The molecule has 0 bridgehead atoms. The molecular weight excluding hydrogens is 504 g/mol. The number of rotatable bonds is 2. The van der Waals surface area contributed by atoms with E-state index in [1.807, 2.05) is 0 Å². The van der Waals surface area contributed by atoms with Gasteiger partial charge in [0.05, 0.1) is 0 Å². The van der Waals surface area contributed by atoms with E-state index in [4.69, 9.17) is 0 Å². The Morgan fingerprint density at radius 1 is 0.828 bits per heavy atom. The highest BCUT2D eigenvalue weighted by Crippen LogP contribution is 2.72. The van der Waals surface area contributed by atoms with Crippen LogP contribution >= 0.6 is 41.9 Å². The molecule has 154 valence electrons. The SMILES string of the molecule is CC1=Cc2c(Br)cc(C)cc2C(S(C)(C)C2C(C)=C(C)c3c(Br)cc(C)cc32)C1. The van der Waals surface area contributed by atoms with E-state index in [9.17, 15) is 0 Å². The molecule has 2 aromatic carbocycles. The van der Waals surface area contributed by atoms with E-state index in [-0.39, 0.29) is 0 Å². The summed E-state index contributed by atoms with van der Waals surface area (Å²) in [5.41, 5.74) is 13.1. The van der Waals surface area contributed by atoms with Crippen LogP contribution in [0, 0.1) is 13.8 Å². The van der Waals surface area contributed by atoms with Gasteiger partial charge in [-0.15, -0.1) is 0 Å². The molecule has 2 aliphatic carbocycles. The van der Waals surface area contributed by atoms with Crippen LogP contribution in [0.1, 0.15) is 71.1 Å². The van der Waals surface area contributed by atoms with Crippen LogP contribution in [-0.4, -0.2) is 12.5 Å². The molecule has 0 aliphatic heterocycles. The topological polar surface area (TPSA) is 0 Å². The molecule has 0 N–H and O–H groups in total. The molecule has 4 rings (SSSR count). The van der Waals surface area contributed by atoms with E-state index < -0.39 is 10.0 Å². The Labute approximate surface area is 194 Å². The quantitative estimate of drug-likeness (QED) is 0.360. The first kappa shape index (κ1) is 21.5. The third kappa shape index (κ3) is 3.42. The summed E-state index contributed by atoms with van der Waals surface area (Å²) in [5, 5.41) is 1.08. The normalized spacial score (nSPS) is 21.8. The lowest BCUT2D eigenvalue weighted by atomic mass is 9.91. The Hall–Kier alpha value is -0.770. The first-order valence-electron chi connectivity index (χ1n) is 10.2. The van der Waals surface area contributed by atoms with Crippen LogP contribution in [0.15, 0.2) is 44.4 Å². The molecule has 0 aromatic heterocycles. The summed E-state index contributed by atoms with van der Waals surface area (Å²) in [7, 11) is -1.01. The molecule has 2 unspecified atom stereocenters. The van der Waals surface area contributed by atoms with Crippen LogP contribution in [-0.2, 0) is 0 Å². The maximum Gasteiger partial charge on any atom is 0.0361 e. The van der Waals surface area contributed by atoms with Crippen molar-refractivity contribution in [3.8, 4) is 0 Å². The van der Waals surface area contributed by atoms with Crippen molar-refractivity contribution in [1.29, 1.82) is 0 Å². The molecule has 0 saturated heterocycles. The highest BCUT2D eigenvalue weighted by Gasteiger charge is 2.42. The summed E-state index contributed by atoms with van der Waals surface area (Å²) >= 11 is 7.72. The smallest absolute Gasteiger partial charge is 0.0361 e. The van der Waals surface area contributed by atoms with Gasteiger partial charge in [0.1, 0.15) is 0 Å². The van der Waals surface area contributed by atoms with Crippen molar-refractivity contribution in [2.45, 2.75) is 51.5 Å². The van der Waals surface area contributed by atoms with E-state index in [1.54, 1.807) is 5.57 Å². The molecule has 29 heavy (non-hydrogen) atoms. The van der Waals surface area contributed by atoms with Crippen molar-refractivity contribution in [3.63, 3.8) is 0 Å². The third-order valence-corrected chi connectivity index (χ3v) is 11.8. The zero-order chi connectivity index (χ0) is 21.2. The summed E-state index contributed by atoms with van der Waals surface area (Å²) < 4.78 is 2.49. The molecule has 0 spiro atoms. The molecule has 3 heteroatoms. The summed E-state index contributed by atoms with van der Waals surface area (Å²) in [5.74, 6) is 0. The van der Waals surface area contributed by atoms with Gasteiger partial charge in [0.25, 0.3) is 0 Å². The van der Waals surface area contributed by atoms with Crippen LogP contribution in [0.2, 0.25) is 0 Å². The van der Waals surface area contributed by atoms with Gasteiger partial charge in [0, 0.05) is 19.4 Å². The Morgan fingerprint density at radius 2 is 1.41 bits per heavy atom. The lowest BCUT2D eigenvalue weighted by molar-refractivity contribution is 0.875. The second-order valence-corrected chi connectivity index (χ2v) is 15.0. The van der Waals surface area contributed by atoms with E-state index >= 15 is 0 Å². The second-order valence-electron chi connectivity index (χ2n) is 9.32. The number of hydrogen-bond acceptors (Lipinski definition) is 0. The zero-order valence-electron chi connectivity index (χ0n) is 18.4. The summed E-state index contributed by atoms with van der Waals surface area (Å²) in [6.07, 6.45) is 8.70. The predicted octanol–water partition coefficient (Wildman–Crippen LogP) is 9.29. The first-order chi connectivity index (χ1) is 13.5.